The first-order valence-corrected chi connectivity index (χ1v) is 9.28. The average Bonchev–Trinajstić information content (AvgIpc) is 3.35. The van der Waals surface area contributed by atoms with E-state index >= 15 is 0 Å². The molecular weight excluding hydrogens is 374 g/mol. The van der Waals surface area contributed by atoms with Gasteiger partial charge in [0.25, 0.3) is 0 Å². The van der Waals surface area contributed by atoms with Gasteiger partial charge in [-0.3, -0.25) is 0 Å². The number of pyridine rings is 2. The molecule has 0 aromatic carbocycles. The van der Waals surface area contributed by atoms with Gasteiger partial charge in [0.1, 0.15) is 16.0 Å². The fraction of sp³-hybridized carbons (Fsp3) is 0.294. The summed E-state index contributed by atoms with van der Waals surface area (Å²) < 4.78 is 5.15. The summed E-state index contributed by atoms with van der Waals surface area (Å²) in [5, 5.41) is 6.97. The second-order valence-corrected chi connectivity index (χ2v) is 7.65. The number of halogens is 1. The molecule has 134 valence electrons. The van der Waals surface area contributed by atoms with Crippen LogP contribution < -0.4 is 15.4 Å². The van der Waals surface area contributed by atoms with E-state index in [-0.39, 0.29) is 5.88 Å². The second-order valence-electron chi connectivity index (χ2n) is 6.04. The summed E-state index contributed by atoms with van der Waals surface area (Å²) in [5.41, 5.74) is 3.02. The van der Waals surface area contributed by atoms with Crippen molar-refractivity contribution >= 4 is 50.7 Å². The fourth-order valence-electron chi connectivity index (χ4n) is 2.84. The van der Waals surface area contributed by atoms with E-state index in [2.05, 4.69) is 25.6 Å². The zero-order valence-electron chi connectivity index (χ0n) is 14.2. The quantitative estimate of drug-likeness (QED) is 0.681. The minimum Gasteiger partial charge on any atom is -0.480 e. The maximum atomic E-state index is 12.5. The molecule has 7 nitrogen and oxygen atoms in total. The summed E-state index contributed by atoms with van der Waals surface area (Å²) in [6, 6.07) is 1.17. The van der Waals surface area contributed by atoms with Crippen molar-refractivity contribution in [2.75, 3.05) is 17.7 Å². The van der Waals surface area contributed by atoms with Gasteiger partial charge in [-0.1, -0.05) is 22.9 Å². The SMILES string of the molecule is COc1ncc(Cl)cc1NC(=O)Nc1cnc2sc(C)nc2c1C1CC1. The Hall–Kier alpha value is -2.45. The van der Waals surface area contributed by atoms with Gasteiger partial charge in [0.15, 0.2) is 0 Å². The van der Waals surface area contributed by atoms with Crippen molar-refractivity contribution in [1.29, 1.82) is 0 Å². The van der Waals surface area contributed by atoms with Gasteiger partial charge in [0.2, 0.25) is 5.88 Å². The number of hydrogen-bond donors (Lipinski definition) is 2. The summed E-state index contributed by atoms with van der Waals surface area (Å²) in [6.45, 7) is 1.96. The average molecular weight is 390 g/mol. The first-order valence-electron chi connectivity index (χ1n) is 8.08. The van der Waals surface area contributed by atoms with Crippen LogP contribution in [-0.4, -0.2) is 28.1 Å². The Kier molecular flexibility index (Phi) is 4.37. The fourth-order valence-corrected chi connectivity index (χ4v) is 3.77. The number of aromatic nitrogens is 3. The number of nitrogens with zero attached hydrogens (tertiary/aromatic N) is 3. The molecule has 0 radical (unpaired) electrons. The van der Waals surface area contributed by atoms with Crippen molar-refractivity contribution in [1.82, 2.24) is 15.0 Å². The van der Waals surface area contributed by atoms with Gasteiger partial charge >= 0.3 is 6.03 Å². The Bertz CT molecular complexity index is 1000. The lowest BCUT2D eigenvalue weighted by Crippen LogP contribution is -2.21. The van der Waals surface area contributed by atoms with Gasteiger partial charge in [0, 0.05) is 11.8 Å². The number of anilines is 2. The lowest BCUT2D eigenvalue weighted by atomic mass is 10.1. The van der Waals surface area contributed by atoms with Crippen LogP contribution in [0.3, 0.4) is 0 Å². The monoisotopic (exact) mass is 389 g/mol. The molecule has 0 saturated heterocycles. The molecule has 1 saturated carbocycles. The maximum absolute atomic E-state index is 12.5. The molecule has 2 amide bonds. The number of thiazole rings is 1. The number of urea groups is 1. The number of aryl methyl sites for hydroxylation is 1. The topological polar surface area (TPSA) is 89.0 Å². The number of carbonyl (C=O) groups excluding carboxylic acids is 1. The molecule has 1 aliphatic rings. The highest BCUT2D eigenvalue weighted by molar-refractivity contribution is 7.18. The summed E-state index contributed by atoms with van der Waals surface area (Å²) >= 11 is 7.51. The van der Waals surface area contributed by atoms with Crippen molar-refractivity contribution < 1.29 is 9.53 Å². The van der Waals surface area contributed by atoms with E-state index in [1.807, 2.05) is 6.92 Å². The van der Waals surface area contributed by atoms with Crippen LogP contribution >= 0.6 is 22.9 Å². The highest BCUT2D eigenvalue weighted by atomic mass is 35.5. The van der Waals surface area contributed by atoms with Crippen molar-refractivity contribution in [3.05, 3.63) is 34.1 Å². The molecule has 9 heteroatoms. The molecule has 3 aromatic heterocycles. The van der Waals surface area contributed by atoms with E-state index in [0.29, 0.717) is 22.3 Å². The summed E-state index contributed by atoms with van der Waals surface area (Å²) in [5.74, 6) is 0.704. The molecule has 0 atom stereocenters. The molecule has 0 unspecified atom stereocenters. The Morgan fingerprint density at radius 1 is 1.27 bits per heavy atom. The second kappa shape index (κ2) is 6.69. The first-order chi connectivity index (χ1) is 12.5. The lowest BCUT2D eigenvalue weighted by molar-refractivity contribution is 0.262. The standard InChI is InChI=1S/C17H16ClN5O2S/c1-8-21-14-13(9-3-4-9)12(7-20-16(14)26-8)23-17(24)22-11-5-10(18)6-19-15(11)25-2/h5-7,9H,3-4H2,1-2H3,(H2,22,23,24). The Morgan fingerprint density at radius 3 is 2.77 bits per heavy atom. The Labute approximate surface area is 158 Å². The predicted octanol–water partition coefficient (Wildman–Crippen LogP) is 4.58. The van der Waals surface area contributed by atoms with E-state index in [9.17, 15) is 4.79 Å². The highest BCUT2D eigenvalue weighted by Crippen LogP contribution is 2.46. The van der Waals surface area contributed by atoms with Gasteiger partial charge in [-0.25, -0.2) is 19.7 Å². The molecular formula is C17H16ClN5O2S. The van der Waals surface area contributed by atoms with E-state index in [0.717, 1.165) is 33.8 Å². The predicted molar refractivity (Wildman–Crippen MR) is 103 cm³/mol. The van der Waals surface area contributed by atoms with Crippen LogP contribution in [0.15, 0.2) is 18.5 Å². The van der Waals surface area contributed by atoms with Crippen molar-refractivity contribution in [2.45, 2.75) is 25.7 Å². The number of carbonyl (C=O) groups is 1. The number of methoxy groups -OCH3 is 1. The van der Waals surface area contributed by atoms with Crippen LogP contribution in [-0.2, 0) is 0 Å². The number of amides is 2. The third-order valence-corrected chi connectivity index (χ3v) is 5.15. The molecule has 26 heavy (non-hydrogen) atoms. The van der Waals surface area contributed by atoms with Gasteiger partial charge in [-0.05, 0) is 31.7 Å². The number of hydrogen-bond acceptors (Lipinski definition) is 6. The summed E-state index contributed by atoms with van der Waals surface area (Å²) in [7, 11) is 1.48. The van der Waals surface area contributed by atoms with Gasteiger partial charge in [0.05, 0.1) is 29.0 Å². The van der Waals surface area contributed by atoms with E-state index in [4.69, 9.17) is 16.3 Å². The third kappa shape index (κ3) is 3.30. The zero-order valence-corrected chi connectivity index (χ0v) is 15.7. The molecule has 3 heterocycles. The largest absolute Gasteiger partial charge is 0.480 e. The van der Waals surface area contributed by atoms with Crippen LogP contribution in [0, 0.1) is 6.92 Å². The van der Waals surface area contributed by atoms with Gasteiger partial charge in [-0.15, -0.1) is 0 Å². The smallest absolute Gasteiger partial charge is 0.323 e. The molecule has 4 rings (SSSR count). The number of fused-ring (bicyclic) bond motifs is 1. The van der Waals surface area contributed by atoms with Gasteiger partial charge in [-0.2, -0.15) is 0 Å². The van der Waals surface area contributed by atoms with Crippen LogP contribution in [0.5, 0.6) is 5.88 Å². The molecule has 1 aliphatic carbocycles. The van der Waals surface area contributed by atoms with Crippen LogP contribution in [0.25, 0.3) is 10.3 Å². The van der Waals surface area contributed by atoms with Crippen molar-refractivity contribution in [3.8, 4) is 5.88 Å². The van der Waals surface area contributed by atoms with Crippen LogP contribution in [0.1, 0.15) is 29.3 Å². The first kappa shape index (κ1) is 17.0. The normalized spacial score (nSPS) is 13.7. The maximum Gasteiger partial charge on any atom is 0.323 e. The molecule has 2 N–H and O–H groups in total. The molecule has 1 fully saturated rings. The lowest BCUT2D eigenvalue weighted by Gasteiger charge is -2.13. The van der Waals surface area contributed by atoms with Crippen molar-refractivity contribution in [2.24, 2.45) is 0 Å². The summed E-state index contributed by atoms with van der Waals surface area (Å²) in [6.07, 6.45) is 5.34. The Morgan fingerprint density at radius 2 is 2.04 bits per heavy atom. The third-order valence-electron chi connectivity index (χ3n) is 4.07. The highest BCUT2D eigenvalue weighted by Gasteiger charge is 2.30. The molecule has 0 spiro atoms. The molecule has 0 aliphatic heterocycles. The minimum atomic E-state index is -0.414. The van der Waals surface area contributed by atoms with E-state index < -0.39 is 6.03 Å². The minimum absolute atomic E-state index is 0.288. The van der Waals surface area contributed by atoms with Crippen LogP contribution in [0.2, 0.25) is 5.02 Å². The number of rotatable bonds is 4. The van der Waals surface area contributed by atoms with Crippen molar-refractivity contribution in [3.63, 3.8) is 0 Å². The molecule has 3 aromatic rings. The number of ether oxygens (including phenoxy) is 1. The molecule has 0 bridgehead atoms. The zero-order chi connectivity index (χ0) is 18.3. The van der Waals surface area contributed by atoms with Gasteiger partial charge < -0.3 is 15.4 Å². The Balaban J connectivity index is 1.62. The van der Waals surface area contributed by atoms with E-state index in [1.165, 1.54) is 13.3 Å². The van der Waals surface area contributed by atoms with E-state index in [1.54, 1.807) is 23.6 Å². The number of nitrogens with one attached hydrogen (secondary N) is 2. The summed E-state index contributed by atoms with van der Waals surface area (Å²) in [4.78, 5) is 26.5. The van der Waals surface area contributed by atoms with Crippen LogP contribution in [0.4, 0.5) is 16.2 Å².